The van der Waals surface area contributed by atoms with E-state index in [1.807, 2.05) is 0 Å². The number of nitro benzene ring substituents is 1. The molecule has 2 aromatic rings. The Morgan fingerprint density at radius 3 is 3.17 bits per heavy atom. The van der Waals surface area contributed by atoms with Gasteiger partial charge in [-0.3, -0.25) is 10.1 Å². The number of hydrogen-bond acceptors (Lipinski definition) is 6. The van der Waals surface area contributed by atoms with Crippen molar-refractivity contribution in [1.29, 1.82) is 0 Å². The number of nitro groups is 1. The lowest BCUT2D eigenvalue weighted by molar-refractivity contribution is -0.384. The summed E-state index contributed by atoms with van der Waals surface area (Å²) in [7, 11) is 0. The van der Waals surface area contributed by atoms with E-state index < -0.39 is 4.92 Å². The van der Waals surface area contributed by atoms with Crippen LogP contribution in [0.25, 0.3) is 11.1 Å². The van der Waals surface area contributed by atoms with Gasteiger partial charge in [-0.05, 0) is 19.0 Å². The van der Waals surface area contributed by atoms with Crippen molar-refractivity contribution >= 4 is 28.5 Å². The molecule has 1 aliphatic rings. The van der Waals surface area contributed by atoms with Crippen molar-refractivity contribution < 1.29 is 9.34 Å². The van der Waals surface area contributed by atoms with Crippen LogP contribution in [-0.4, -0.2) is 28.2 Å². The third-order valence-electron chi connectivity index (χ3n) is 2.84. The highest BCUT2D eigenvalue weighted by Crippen LogP contribution is 2.30. The van der Waals surface area contributed by atoms with Gasteiger partial charge in [-0.15, -0.1) is 0 Å². The Morgan fingerprint density at radius 2 is 2.44 bits per heavy atom. The van der Waals surface area contributed by atoms with Gasteiger partial charge in [-0.2, -0.15) is 0 Å². The lowest BCUT2D eigenvalue weighted by Gasteiger charge is -2.01. The van der Waals surface area contributed by atoms with E-state index in [2.05, 4.69) is 10.3 Å². The van der Waals surface area contributed by atoms with Crippen LogP contribution < -0.4 is 5.32 Å². The van der Waals surface area contributed by atoms with Crippen LogP contribution in [0, 0.1) is 10.1 Å². The van der Waals surface area contributed by atoms with Crippen LogP contribution >= 0.6 is 11.8 Å². The fraction of sp³-hybridized carbons (Fsp3) is 0.364. The Labute approximate surface area is 107 Å². The zero-order valence-electron chi connectivity index (χ0n) is 9.46. The van der Waals surface area contributed by atoms with E-state index in [0.717, 1.165) is 19.5 Å². The molecule has 2 heterocycles. The molecule has 0 amide bonds. The van der Waals surface area contributed by atoms with Crippen LogP contribution in [-0.2, 0) is 0 Å². The number of rotatable bonds is 3. The molecule has 94 valence electrons. The van der Waals surface area contributed by atoms with Gasteiger partial charge in [0, 0.05) is 23.9 Å². The number of nitrogens with one attached hydrogen (secondary N) is 1. The third kappa shape index (κ3) is 2.19. The SMILES string of the molecule is O=[N+]([O-])c1ccc2oc(SC3CCNC3)nc2c1. The Hall–Kier alpha value is -1.60. The zero-order valence-corrected chi connectivity index (χ0v) is 10.3. The molecule has 1 N–H and O–H groups in total. The van der Waals surface area contributed by atoms with Gasteiger partial charge in [0.25, 0.3) is 10.9 Å². The van der Waals surface area contributed by atoms with E-state index in [4.69, 9.17) is 4.42 Å². The number of oxazole rings is 1. The first-order chi connectivity index (χ1) is 8.72. The van der Waals surface area contributed by atoms with E-state index in [0.29, 0.717) is 21.6 Å². The van der Waals surface area contributed by atoms with E-state index >= 15 is 0 Å². The van der Waals surface area contributed by atoms with Crippen LogP contribution in [0.5, 0.6) is 0 Å². The quantitative estimate of drug-likeness (QED) is 0.676. The van der Waals surface area contributed by atoms with Crippen LogP contribution in [0.4, 0.5) is 5.69 Å². The first-order valence-corrected chi connectivity index (χ1v) is 6.53. The molecule has 1 atom stereocenters. The molecule has 1 unspecified atom stereocenters. The molecule has 1 aliphatic heterocycles. The molecule has 18 heavy (non-hydrogen) atoms. The van der Waals surface area contributed by atoms with E-state index in [9.17, 15) is 10.1 Å². The second-order valence-electron chi connectivity index (χ2n) is 4.12. The average Bonchev–Trinajstić information content (AvgIpc) is 2.96. The van der Waals surface area contributed by atoms with Gasteiger partial charge in [0.15, 0.2) is 5.58 Å². The Kier molecular flexibility index (Phi) is 2.92. The number of thioether (sulfide) groups is 1. The Morgan fingerprint density at radius 1 is 1.56 bits per heavy atom. The molecular weight excluding hydrogens is 254 g/mol. The Balaban J connectivity index is 1.87. The normalized spacial score (nSPS) is 19.4. The van der Waals surface area contributed by atoms with Crippen LogP contribution in [0.1, 0.15) is 6.42 Å². The van der Waals surface area contributed by atoms with E-state index in [1.165, 1.54) is 12.1 Å². The lowest BCUT2D eigenvalue weighted by atomic mass is 10.3. The molecule has 6 nitrogen and oxygen atoms in total. The number of hydrogen-bond donors (Lipinski definition) is 1. The lowest BCUT2D eigenvalue weighted by Crippen LogP contribution is -2.09. The second-order valence-corrected chi connectivity index (χ2v) is 5.37. The summed E-state index contributed by atoms with van der Waals surface area (Å²) in [6.45, 7) is 1.97. The van der Waals surface area contributed by atoms with Crippen molar-refractivity contribution in [2.45, 2.75) is 16.9 Å². The van der Waals surface area contributed by atoms with Crippen molar-refractivity contribution in [3.63, 3.8) is 0 Å². The fourth-order valence-corrected chi connectivity index (χ4v) is 2.94. The van der Waals surface area contributed by atoms with Gasteiger partial charge in [0.2, 0.25) is 0 Å². The molecule has 0 aliphatic carbocycles. The summed E-state index contributed by atoms with van der Waals surface area (Å²) in [5, 5.41) is 15.0. The zero-order chi connectivity index (χ0) is 12.5. The summed E-state index contributed by atoms with van der Waals surface area (Å²) in [5.41, 5.74) is 1.17. The van der Waals surface area contributed by atoms with Crippen LogP contribution in [0.15, 0.2) is 27.8 Å². The predicted octanol–water partition coefficient (Wildman–Crippen LogP) is 2.19. The highest BCUT2D eigenvalue weighted by Gasteiger charge is 2.19. The molecule has 3 rings (SSSR count). The summed E-state index contributed by atoms with van der Waals surface area (Å²) >= 11 is 1.58. The monoisotopic (exact) mass is 265 g/mol. The molecule has 7 heteroatoms. The maximum atomic E-state index is 10.7. The molecule has 0 bridgehead atoms. The smallest absolute Gasteiger partial charge is 0.271 e. The first-order valence-electron chi connectivity index (χ1n) is 5.65. The van der Waals surface area contributed by atoms with Crippen molar-refractivity contribution in [2.24, 2.45) is 0 Å². The third-order valence-corrected chi connectivity index (χ3v) is 3.96. The van der Waals surface area contributed by atoms with Gasteiger partial charge in [-0.25, -0.2) is 4.98 Å². The van der Waals surface area contributed by atoms with Crippen molar-refractivity contribution in [1.82, 2.24) is 10.3 Å². The first kappa shape index (κ1) is 11.5. The van der Waals surface area contributed by atoms with Gasteiger partial charge < -0.3 is 9.73 Å². The Bertz CT molecular complexity index is 592. The number of non-ortho nitro benzene ring substituents is 1. The largest absolute Gasteiger partial charge is 0.431 e. The van der Waals surface area contributed by atoms with Gasteiger partial charge in [0.05, 0.1) is 4.92 Å². The summed E-state index contributed by atoms with van der Waals surface area (Å²) in [5.74, 6) is 0. The minimum atomic E-state index is -0.429. The minimum Gasteiger partial charge on any atom is -0.431 e. The molecule has 1 aromatic carbocycles. The number of fused-ring (bicyclic) bond motifs is 1. The summed E-state index contributed by atoms with van der Waals surface area (Å²) < 4.78 is 5.57. The van der Waals surface area contributed by atoms with Gasteiger partial charge in [0.1, 0.15) is 5.52 Å². The number of benzene rings is 1. The standard InChI is InChI=1S/C11H11N3O3S/c15-14(16)7-1-2-10-9(5-7)13-11(17-10)18-8-3-4-12-6-8/h1-2,5,8,12H,3-4,6H2. The molecule has 0 saturated carbocycles. The van der Waals surface area contributed by atoms with Crippen LogP contribution in [0.2, 0.25) is 0 Å². The highest BCUT2D eigenvalue weighted by atomic mass is 32.2. The molecule has 0 spiro atoms. The van der Waals surface area contributed by atoms with Crippen molar-refractivity contribution in [3.05, 3.63) is 28.3 Å². The highest BCUT2D eigenvalue weighted by molar-refractivity contribution is 7.99. The average molecular weight is 265 g/mol. The molecule has 1 fully saturated rings. The van der Waals surface area contributed by atoms with Crippen molar-refractivity contribution in [2.75, 3.05) is 13.1 Å². The molecule has 0 radical (unpaired) electrons. The number of nitrogens with zero attached hydrogens (tertiary/aromatic N) is 2. The summed E-state index contributed by atoms with van der Waals surface area (Å²) in [6, 6.07) is 4.46. The fourth-order valence-electron chi connectivity index (χ4n) is 1.93. The van der Waals surface area contributed by atoms with E-state index in [-0.39, 0.29) is 5.69 Å². The second kappa shape index (κ2) is 4.58. The predicted molar refractivity (Wildman–Crippen MR) is 67.8 cm³/mol. The maximum absolute atomic E-state index is 10.7. The summed E-state index contributed by atoms with van der Waals surface area (Å²) in [4.78, 5) is 14.5. The van der Waals surface area contributed by atoms with E-state index in [1.54, 1.807) is 17.8 Å². The molecule has 1 saturated heterocycles. The van der Waals surface area contributed by atoms with Crippen molar-refractivity contribution in [3.8, 4) is 0 Å². The maximum Gasteiger partial charge on any atom is 0.271 e. The van der Waals surface area contributed by atoms with Crippen LogP contribution in [0.3, 0.4) is 0 Å². The van der Waals surface area contributed by atoms with Gasteiger partial charge in [-0.1, -0.05) is 11.8 Å². The number of aromatic nitrogens is 1. The topological polar surface area (TPSA) is 81.2 Å². The minimum absolute atomic E-state index is 0.0369. The van der Waals surface area contributed by atoms with Gasteiger partial charge >= 0.3 is 0 Å². The molecule has 1 aromatic heterocycles. The summed E-state index contributed by atoms with van der Waals surface area (Å²) in [6.07, 6.45) is 1.09. The molecular formula is C11H11N3O3S.